The molecule has 0 saturated carbocycles. The molecular weight excluding hydrogens is 1220 g/mol. The zero-order chi connectivity index (χ0) is 57.7. The van der Waals surface area contributed by atoms with Crippen LogP contribution in [-0.4, -0.2) is 9.55 Å². The average Bonchev–Trinajstić information content (AvgIpc) is 1.78. The van der Waals surface area contributed by atoms with Crippen molar-refractivity contribution in [3.05, 3.63) is 294 Å². The molecule has 1 aliphatic heterocycles. The summed E-state index contributed by atoms with van der Waals surface area (Å²) in [5, 5.41) is 2.17. The second-order valence-electron chi connectivity index (χ2n) is 25.7. The first kappa shape index (κ1) is 55.4. The summed E-state index contributed by atoms with van der Waals surface area (Å²) in [6, 6.07) is 91.3. The molecule has 10 aromatic carbocycles. The number of hydrogen-bond donors (Lipinski definition) is 0. The van der Waals surface area contributed by atoms with E-state index >= 15 is 0 Å². The van der Waals surface area contributed by atoms with Crippen LogP contribution < -0.4 is 14.5 Å². The Morgan fingerprint density at radius 3 is 1.59 bits per heavy atom. The SMILES string of the molecule is CC(C)(C)c1ccc(C2(c3ccnc(-n4c5[c-]c(Oc6[c-]c(N7[CH-]N(c8c(-c9ccccc9)cccc8-c8ccccc8)c8ccccc87)ccc6)ccc5c5ccccc54)c3)c3ccc(C(C)(C)C)cc3-c3cc(C(C)(C)C)ccc32)cc1.[Pt]. The summed E-state index contributed by atoms with van der Waals surface area (Å²) in [6.45, 7) is 22.9. The number of rotatable bonds is 9. The third-order valence-electron chi connectivity index (χ3n) is 17.3. The zero-order valence-corrected chi connectivity index (χ0v) is 51.9. The number of fused-ring (bicyclic) bond motifs is 7. The molecule has 12 aromatic rings. The first-order valence-electron chi connectivity index (χ1n) is 29.3. The third-order valence-corrected chi connectivity index (χ3v) is 17.3. The molecule has 2 aromatic heterocycles. The van der Waals surface area contributed by atoms with E-state index in [-0.39, 0.29) is 37.3 Å². The van der Waals surface area contributed by atoms with Crippen molar-refractivity contribution in [2.45, 2.75) is 84.0 Å². The van der Waals surface area contributed by atoms with Gasteiger partial charge in [0.15, 0.2) is 0 Å². The van der Waals surface area contributed by atoms with Crippen molar-refractivity contribution in [1.82, 2.24) is 9.55 Å². The quantitative estimate of drug-likeness (QED) is 0.135. The minimum absolute atomic E-state index is 0. The van der Waals surface area contributed by atoms with Crippen LogP contribution in [0.15, 0.2) is 237 Å². The number of hydrogen-bond acceptors (Lipinski definition) is 4. The van der Waals surface area contributed by atoms with E-state index < -0.39 is 5.41 Å². The van der Waals surface area contributed by atoms with Gasteiger partial charge in [-0.15, -0.1) is 48.1 Å². The Morgan fingerprint density at radius 1 is 0.435 bits per heavy atom. The van der Waals surface area contributed by atoms with Gasteiger partial charge in [0.2, 0.25) is 0 Å². The van der Waals surface area contributed by atoms with Gasteiger partial charge in [-0.05, 0) is 113 Å². The summed E-state index contributed by atoms with van der Waals surface area (Å²) in [6.07, 6.45) is 2.00. The molecule has 0 amide bonds. The molecule has 0 radical (unpaired) electrons. The Morgan fingerprint density at radius 2 is 0.976 bits per heavy atom. The molecule has 14 rings (SSSR count). The molecule has 0 bridgehead atoms. The van der Waals surface area contributed by atoms with Crippen molar-refractivity contribution >= 4 is 44.6 Å². The van der Waals surface area contributed by atoms with Crippen molar-refractivity contribution in [1.29, 1.82) is 0 Å². The van der Waals surface area contributed by atoms with Crippen LogP contribution in [0.4, 0.5) is 22.7 Å². The molecule has 0 N–H and O–H groups in total. The number of ether oxygens (including phenoxy) is 1. The number of para-hydroxylation sites is 4. The van der Waals surface area contributed by atoms with E-state index in [9.17, 15) is 0 Å². The molecule has 5 nitrogen and oxygen atoms in total. The summed E-state index contributed by atoms with van der Waals surface area (Å²) in [5.41, 5.74) is 21.2. The maximum absolute atomic E-state index is 6.89. The molecule has 3 heterocycles. The first-order valence-corrected chi connectivity index (χ1v) is 29.3. The van der Waals surface area contributed by atoms with Crippen molar-refractivity contribution in [3.63, 3.8) is 0 Å². The number of aromatic nitrogens is 2. The van der Waals surface area contributed by atoms with Gasteiger partial charge >= 0.3 is 0 Å². The molecule has 0 saturated heterocycles. The third kappa shape index (κ3) is 9.49. The fourth-order valence-electron chi connectivity index (χ4n) is 13.0. The van der Waals surface area contributed by atoms with Crippen molar-refractivity contribution in [3.8, 4) is 50.7 Å². The minimum atomic E-state index is -0.664. The Kier molecular flexibility index (Phi) is 13.7. The van der Waals surface area contributed by atoms with Crippen LogP contribution in [0.25, 0.3) is 61.0 Å². The Bertz CT molecular complexity index is 4380. The maximum Gasteiger partial charge on any atom is 0.135 e. The van der Waals surface area contributed by atoms with Crippen LogP contribution in [0.3, 0.4) is 0 Å². The van der Waals surface area contributed by atoms with Gasteiger partial charge in [0.25, 0.3) is 0 Å². The fourth-order valence-corrected chi connectivity index (χ4v) is 13.0. The number of pyridine rings is 1. The molecule has 2 aliphatic rings. The normalized spacial score (nSPS) is 13.6. The summed E-state index contributed by atoms with van der Waals surface area (Å²) in [7, 11) is 0. The van der Waals surface area contributed by atoms with Crippen LogP contribution in [0.2, 0.25) is 0 Å². The predicted octanol–water partition coefficient (Wildman–Crippen LogP) is 20.6. The molecule has 1 aliphatic carbocycles. The van der Waals surface area contributed by atoms with E-state index in [0.29, 0.717) is 11.5 Å². The topological polar surface area (TPSA) is 33.5 Å². The van der Waals surface area contributed by atoms with Gasteiger partial charge in [-0.2, -0.15) is 12.1 Å². The second-order valence-corrected chi connectivity index (χ2v) is 25.7. The maximum atomic E-state index is 6.89. The predicted molar refractivity (Wildman–Crippen MR) is 349 cm³/mol. The molecule has 85 heavy (non-hydrogen) atoms. The largest absolute Gasteiger partial charge is 0.509 e. The van der Waals surface area contributed by atoms with Gasteiger partial charge in [0.05, 0.1) is 5.41 Å². The van der Waals surface area contributed by atoms with Crippen LogP contribution >= 0.6 is 0 Å². The monoisotopic (exact) mass is 1280 g/mol. The average molecular weight is 1280 g/mol. The van der Waals surface area contributed by atoms with Gasteiger partial charge < -0.3 is 19.1 Å². The molecule has 0 atom stereocenters. The molecule has 0 spiro atoms. The Balaban J connectivity index is 0.00000672. The minimum Gasteiger partial charge on any atom is -0.509 e. The summed E-state index contributed by atoms with van der Waals surface area (Å²) < 4.78 is 9.15. The van der Waals surface area contributed by atoms with Gasteiger partial charge in [0, 0.05) is 72.5 Å². The fraction of sp³-hybridized carbons (Fsp3) is 0.165. The molecular formula is C79H67N4OPt-3. The van der Waals surface area contributed by atoms with Gasteiger partial charge in [-0.25, -0.2) is 4.98 Å². The van der Waals surface area contributed by atoms with E-state index in [1.165, 1.54) is 44.5 Å². The Labute approximate surface area is 515 Å². The van der Waals surface area contributed by atoms with Crippen molar-refractivity contribution in [2.75, 3.05) is 9.80 Å². The van der Waals surface area contributed by atoms with E-state index in [2.05, 4.69) is 308 Å². The summed E-state index contributed by atoms with van der Waals surface area (Å²) >= 11 is 0. The van der Waals surface area contributed by atoms with Gasteiger partial charge in [-0.1, -0.05) is 238 Å². The van der Waals surface area contributed by atoms with Gasteiger partial charge in [0.1, 0.15) is 5.82 Å². The summed E-state index contributed by atoms with van der Waals surface area (Å²) in [5.74, 6) is 1.95. The molecule has 0 fully saturated rings. The second kappa shape index (κ2) is 21.1. The van der Waals surface area contributed by atoms with Crippen molar-refractivity contribution < 1.29 is 25.8 Å². The molecule has 422 valence electrons. The van der Waals surface area contributed by atoms with E-state index in [1.54, 1.807) is 0 Å². The smallest absolute Gasteiger partial charge is 0.135 e. The van der Waals surface area contributed by atoms with Crippen LogP contribution in [-0.2, 0) is 42.7 Å². The first-order chi connectivity index (χ1) is 40.5. The van der Waals surface area contributed by atoms with Gasteiger partial charge in [-0.3, -0.25) is 0 Å². The summed E-state index contributed by atoms with van der Waals surface area (Å²) in [4.78, 5) is 9.81. The van der Waals surface area contributed by atoms with Crippen LogP contribution in [0, 0.1) is 18.8 Å². The number of anilines is 4. The number of nitrogens with zero attached hydrogens (tertiary/aromatic N) is 4. The van der Waals surface area contributed by atoms with Crippen LogP contribution in [0.5, 0.6) is 11.5 Å². The standard InChI is InChI=1S/C79H67N4O.Pt/c1-76(2,3)54-34-36-55(37-35-54)79(68-42-38-56(77(4,5)6)46-66(68)67-47-57(78(7,8)9)39-43-69(67)79)58-44-45-80-74(48-58)83-70-31-17-16-28-64(70)65-41-40-61(50-73(65)83)84-60-27-20-26-59(49-60)81-51-82(72-33-19-18-32-71(72)81)75-62(52-22-12-10-13-23-52)29-21-30-63(75)53-24-14-11-15-25-53;/h10-48,51H,1-9H3;/q-3;. The van der Waals surface area contributed by atoms with E-state index in [0.717, 1.165) is 78.2 Å². The van der Waals surface area contributed by atoms with E-state index in [4.69, 9.17) is 9.72 Å². The number of benzene rings is 10. The molecule has 6 heteroatoms. The van der Waals surface area contributed by atoms with Crippen LogP contribution in [0.1, 0.15) is 101 Å². The van der Waals surface area contributed by atoms with E-state index in [1.807, 2.05) is 24.4 Å². The zero-order valence-electron chi connectivity index (χ0n) is 49.6. The molecule has 0 unspecified atom stereocenters. The van der Waals surface area contributed by atoms with Crippen molar-refractivity contribution in [2.24, 2.45) is 0 Å². The Hall–Kier alpha value is -8.76.